The zero-order valence-corrected chi connectivity index (χ0v) is 15.6. The summed E-state index contributed by atoms with van der Waals surface area (Å²) in [5.74, 6) is 2.36. The minimum absolute atomic E-state index is 0.122. The molecule has 1 atom stereocenters. The Kier molecular flexibility index (Phi) is 4.44. The molecule has 1 unspecified atom stereocenters. The van der Waals surface area contributed by atoms with Gasteiger partial charge in [-0.15, -0.1) is 0 Å². The van der Waals surface area contributed by atoms with E-state index in [1.165, 1.54) is 0 Å². The Morgan fingerprint density at radius 1 is 1.19 bits per heavy atom. The van der Waals surface area contributed by atoms with Crippen molar-refractivity contribution >= 4 is 9.84 Å². The Morgan fingerprint density at radius 3 is 2.65 bits per heavy atom. The fourth-order valence-electron chi connectivity index (χ4n) is 3.58. The molecule has 1 aliphatic heterocycles. The number of aromatic nitrogens is 2. The third kappa shape index (κ3) is 3.33. The van der Waals surface area contributed by atoms with Gasteiger partial charge < -0.3 is 8.98 Å². The number of hydrogen-bond donors (Lipinski definition) is 0. The van der Waals surface area contributed by atoms with Crippen LogP contribution in [-0.4, -0.2) is 29.5 Å². The lowest BCUT2D eigenvalue weighted by Crippen LogP contribution is -2.12. The summed E-state index contributed by atoms with van der Waals surface area (Å²) in [6, 6.07) is 14.0. The summed E-state index contributed by atoms with van der Waals surface area (Å²) in [6.07, 6.45) is 3.34. The predicted octanol–water partition coefficient (Wildman–Crippen LogP) is 3.81. The SMILES string of the molecule is CCc1ccc(-c2c(-c3ccccc3)ncn2CC2CCS(=O)(=O)C2)o1. The standard InChI is InChI=1S/C20H22N2O3S/c1-2-17-8-9-18(25-17)20-19(16-6-4-3-5-7-16)21-14-22(20)12-15-10-11-26(23,24)13-15/h3-9,14-15H,2,10-13H2,1H3. The molecule has 1 fully saturated rings. The molecule has 1 aromatic carbocycles. The second kappa shape index (κ2) is 6.76. The van der Waals surface area contributed by atoms with Gasteiger partial charge in [-0.3, -0.25) is 0 Å². The largest absolute Gasteiger partial charge is 0.459 e. The van der Waals surface area contributed by atoms with Crippen LogP contribution in [-0.2, 0) is 22.8 Å². The lowest BCUT2D eigenvalue weighted by atomic mass is 10.1. The van der Waals surface area contributed by atoms with E-state index in [9.17, 15) is 8.42 Å². The fourth-order valence-corrected chi connectivity index (χ4v) is 5.43. The first-order valence-corrected chi connectivity index (χ1v) is 10.8. The summed E-state index contributed by atoms with van der Waals surface area (Å²) in [6.45, 7) is 2.69. The first-order valence-electron chi connectivity index (χ1n) is 8.96. The molecule has 26 heavy (non-hydrogen) atoms. The first-order chi connectivity index (χ1) is 12.6. The van der Waals surface area contributed by atoms with Crippen LogP contribution in [0.1, 0.15) is 19.1 Å². The minimum atomic E-state index is -2.90. The van der Waals surface area contributed by atoms with Gasteiger partial charge in [0.15, 0.2) is 15.6 Å². The van der Waals surface area contributed by atoms with E-state index < -0.39 is 9.84 Å². The van der Waals surface area contributed by atoms with E-state index in [4.69, 9.17) is 4.42 Å². The molecular formula is C20H22N2O3S. The van der Waals surface area contributed by atoms with Crippen LogP contribution in [0, 0.1) is 5.92 Å². The number of imidazole rings is 1. The van der Waals surface area contributed by atoms with Crippen LogP contribution in [0.2, 0.25) is 0 Å². The third-order valence-electron chi connectivity index (χ3n) is 4.91. The molecule has 6 heteroatoms. The molecule has 136 valence electrons. The molecular weight excluding hydrogens is 348 g/mol. The topological polar surface area (TPSA) is 65.1 Å². The zero-order chi connectivity index (χ0) is 18.1. The van der Waals surface area contributed by atoms with Crippen molar-refractivity contribution in [1.29, 1.82) is 0 Å². The molecule has 0 spiro atoms. The third-order valence-corrected chi connectivity index (χ3v) is 6.75. The predicted molar refractivity (Wildman–Crippen MR) is 102 cm³/mol. The van der Waals surface area contributed by atoms with Crippen molar-refractivity contribution < 1.29 is 12.8 Å². The first kappa shape index (κ1) is 17.1. The molecule has 5 nitrogen and oxygen atoms in total. The summed E-state index contributed by atoms with van der Waals surface area (Å²) < 4.78 is 31.7. The van der Waals surface area contributed by atoms with Crippen LogP contribution in [0.3, 0.4) is 0 Å². The second-order valence-corrected chi connectivity index (χ2v) is 9.08. The van der Waals surface area contributed by atoms with E-state index in [1.54, 1.807) is 6.33 Å². The molecule has 2 aromatic heterocycles. The highest BCUT2D eigenvalue weighted by molar-refractivity contribution is 7.91. The maximum atomic E-state index is 11.8. The van der Waals surface area contributed by atoms with Gasteiger partial charge in [0.25, 0.3) is 0 Å². The number of furan rings is 1. The summed E-state index contributed by atoms with van der Waals surface area (Å²) in [7, 11) is -2.90. The summed E-state index contributed by atoms with van der Waals surface area (Å²) in [5.41, 5.74) is 2.80. The molecule has 1 saturated heterocycles. The Balaban J connectivity index is 1.75. The van der Waals surface area contributed by atoms with Crippen LogP contribution < -0.4 is 0 Å². The number of rotatable bonds is 5. The Hall–Kier alpha value is -2.34. The highest BCUT2D eigenvalue weighted by atomic mass is 32.2. The zero-order valence-electron chi connectivity index (χ0n) is 14.8. The molecule has 4 rings (SSSR count). The molecule has 3 heterocycles. The van der Waals surface area contributed by atoms with Crippen molar-refractivity contribution in [3.63, 3.8) is 0 Å². The lowest BCUT2D eigenvalue weighted by Gasteiger charge is -2.12. The fraction of sp³-hybridized carbons (Fsp3) is 0.350. The Labute approximate surface area is 153 Å². The van der Waals surface area contributed by atoms with E-state index in [-0.39, 0.29) is 17.4 Å². The highest BCUT2D eigenvalue weighted by Gasteiger charge is 2.29. The van der Waals surface area contributed by atoms with Gasteiger partial charge in [0, 0.05) is 18.5 Å². The van der Waals surface area contributed by atoms with Gasteiger partial charge in [0.1, 0.15) is 11.5 Å². The van der Waals surface area contributed by atoms with Gasteiger partial charge in [-0.1, -0.05) is 37.3 Å². The van der Waals surface area contributed by atoms with E-state index in [2.05, 4.69) is 11.9 Å². The van der Waals surface area contributed by atoms with Crippen LogP contribution in [0.5, 0.6) is 0 Å². The maximum Gasteiger partial charge on any atom is 0.152 e. The molecule has 0 amide bonds. The van der Waals surface area contributed by atoms with Crippen molar-refractivity contribution in [2.24, 2.45) is 5.92 Å². The van der Waals surface area contributed by atoms with Crippen molar-refractivity contribution in [3.05, 3.63) is 54.6 Å². The number of sulfone groups is 1. The van der Waals surface area contributed by atoms with Gasteiger partial charge in [-0.2, -0.15) is 0 Å². The van der Waals surface area contributed by atoms with Gasteiger partial charge in [0.2, 0.25) is 0 Å². The van der Waals surface area contributed by atoms with Crippen molar-refractivity contribution in [2.75, 3.05) is 11.5 Å². The van der Waals surface area contributed by atoms with Crippen LogP contribution in [0.25, 0.3) is 22.7 Å². The van der Waals surface area contributed by atoms with Crippen LogP contribution in [0.4, 0.5) is 0 Å². The molecule has 1 aliphatic rings. The molecule has 0 N–H and O–H groups in total. The van der Waals surface area contributed by atoms with E-state index in [0.717, 1.165) is 34.9 Å². The highest BCUT2D eigenvalue weighted by Crippen LogP contribution is 2.34. The van der Waals surface area contributed by atoms with Gasteiger partial charge in [-0.05, 0) is 24.5 Å². The minimum Gasteiger partial charge on any atom is -0.459 e. The quantitative estimate of drug-likeness (QED) is 0.685. The average Bonchev–Trinajstić information content (AvgIpc) is 3.34. The van der Waals surface area contributed by atoms with Gasteiger partial charge in [0.05, 0.1) is 23.5 Å². The molecule has 3 aromatic rings. The molecule has 0 bridgehead atoms. The van der Waals surface area contributed by atoms with Gasteiger partial charge in [-0.25, -0.2) is 13.4 Å². The van der Waals surface area contributed by atoms with E-state index in [1.807, 2.05) is 47.0 Å². The number of aryl methyl sites for hydroxylation is 1. The Bertz CT molecular complexity index is 1000. The van der Waals surface area contributed by atoms with Crippen LogP contribution >= 0.6 is 0 Å². The van der Waals surface area contributed by atoms with Gasteiger partial charge >= 0.3 is 0 Å². The van der Waals surface area contributed by atoms with Crippen LogP contribution in [0.15, 0.2) is 53.2 Å². The summed E-state index contributed by atoms with van der Waals surface area (Å²) in [4.78, 5) is 4.63. The van der Waals surface area contributed by atoms with E-state index >= 15 is 0 Å². The Morgan fingerprint density at radius 2 is 2.00 bits per heavy atom. The summed E-state index contributed by atoms with van der Waals surface area (Å²) >= 11 is 0. The van der Waals surface area contributed by atoms with Crippen molar-refractivity contribution in [1.82, 2.24) is 9.55 Å². The summed E-state index contributed by atoms with van der Waals surface area (Å²) in [5, 5.41) is 0. The van der Waals surface area contributed by atoms with E-state index in [0.29, 0.717) is 13.0 Å². The number of benzene rings is 1. The molecule has 0 aliphatic carbocycles. The average molecular weight is 370 g/mol. The smallest absolute Gasteiger partial charge is 0.152 e. The monoisotopic (exact) mass is 370 g/mol. The van der Waals surface area contributed by atoms with Crippen molar-refractivity contribution in [2.45, 2.75) is 26.3 Å². The van der Waals surface area contributed by atoms with Crippen molar-refractivity contribution in [3.8, 4) is 22.7 Å². The normalized spacial score (nSPS) is 19.0. The molecule has 0 saturated carbocycles. The maximum absolute atomic E-state index is 11.8. The number of nitrogens with zero attached hydrogens (tertiary/aromatic N) is 2. The molecule has 0 radical (unpaired) electrons. The lowest BCUT2D eigenvalue weighted by molar-refractivity contribution is 0.482. The second-order valence-electron chi connectivity index (χ2n) is 6.85. The number of hydrogen-bond acceptors (Lipinski definition) is 4.